The monoisotopic (exact) mass is 344 g/mol. The van der Waals surface area contributed by atoms with Gasteiger partial charge in [-0.05, 0) is 55.4 Å². The van der Waals surface area contributed by atoms with Crippen molar-refractivity contribution in [1.82, 2.24) is 0 Å². The van der Waals surface area contributed by atoms with Gasteiger partial charge in [-0.15, -0.1) is 0 Å². The van der Waals surface area contributed by atoms with E-state index in [0.717, 1.165) is 42.6 Å². The molecule has 1 saturated carbocycles. The van der Waals surface area contributed by atoms with Gasteiger partial charge in [-0.2, -0.15) is 0 Å². The molecule has 1 fully saturated rings. The van der Waals surface area contributed by atoms with Crippen LogP contribution in [-0.2, 0) is 0 Å². The van der Waals surface area contributed by atoms with Crippen LogP contribution in [0.1, 0.15) is 75.8 Å². The lowest BCUT2D eigenvalue weighted by Crippen LogP contribution is -2.23. The molecule has 0 spiro atoms. The first-order chi connectivity index (χ1) is 12.1. The average molecular weight is 344 g/mol. The molecule has 0 aromatic heterocycles. The van der Waals surface area contributed by atoms with Gasteiger partial charge in [0.15, 0.2) is 11.6 Å². The maximum absolute atomic E-state index is 14.3. The fourth-order valence-corrected chi connectivity index (χ4v) is 4.85. The number of benzene rings is 1. The molecule has 2 aliphatic carbocycles. The molecule has 0 bridgehead atoms. The van der Waals surface area contributed by atoms with Crippen LogP contribution in [0.2, 0.25) is 0 Å². The molecule has 2 aliphatic rings. The van der Waals surface area contributed by atoms with Gasteiger partial charge in [0.1, 0.15) is 0 Å². The highest BCUT2D eigenvalue weighted by Crippen LogP contribution is 2.42. The minimum atomic E-state index is -0.773. The number of halogens is 2. The fraction of sp³-hybridized carbons (Fsp3) is 0.565. The van der Waals surface area contributed by atoms with Gasteiger partial charge in [0.25, 0.3) is 0 Å². The van der Waals surface area contributed by atoms with Gasteiger partial charge in [0.2, 0.25) is 0 Å². The summed E-state index contributed by atoms with van der Waals surface area (Å²) < 4.78 is 28.3. The summed E-state index contributed by atoms with van der Waals surface area (Å²) in [5, 5.41) is 0. The van der Waals surface area contributed by atoms with Gasteiger partial charge in [-0.1, -0.05) is 63.5 Å². The van der Waals surface area contributed by atoms with E-state index in [-0.39, 0.29) is 5.56 Å². The third-order valence-corrected chi connectivity index (χ3v) is 6.38. The third-order valence-electron chi connectivity index (χ3n) is 6.38. The van der Waals surface area contributed by atoms with Crippen molar-refractivity contribution in [3.05, 3.63) is 47.5 Å². The van der Waals surface area contributed by atoms with E-state index in [1.165, 1.54) is 44.6 Å². The predicted molar refractivity (Wildman–Crippen MR) is 102 cm³/mol. The average Bonchev–Trinajstić information content (AvgIpc) is 2.65. The molecule has 0 nitrogen and oxygen atoms in total. The zero-order valence-electron chi connectivity index (χ0n) is 15.4. The summed E-state index contributed by atoms with van der Waals surface area (Å²) in [6.07, 6.45) is 14.7. The molecular weight excluding hydrogens is 314 g/mol. The molecule has 2 heteroatoms. The van der Waals surface area contributed by atoms with Gasteiger partial charge in [-0.3, -0.25) is 0 Å². The molecule has 3 rings (SSSR count). The molecule has 1 unspecified atom stereocenters. The Hall–Kier alpha value is -1.44. The quantitative estimate of drug-likeness (QED) is 0.522. The second-order valence-corrected chi connectivity index (χ2v) is 7.87. The Labute approximate surface area is 151 Å². The Morgan fingerprint density at radius 2 is 1.80 bits per heavy atom. The molecule has 0 aliphatic heterocycles. The predicted octanol–water partition coefficient (Wildman–Crippen LogP) is 7.40. The van der Waals surface area contributed by atoms with Crippen LogP contribution in [0.5, 0.6) is 0 Å². The molecule has 1 atom stereocenters. The lowest BCUT2D eigenvalue weighted by Gasteiger charge is -2.35. The first-order valence-corrected chi connectivity index (χ1v) is 9.93. The van der Waals surface area contributed by atoms with Crippen LogP contribution >= 0.6 is 0 Å². The molecule has 0 heterocycles. The van der Waals surface area contributed by atoms with Crippen molar-refractivity contribution >= 4 is 11.6 Å². The zero-order valence-corrected chi connectivity index (χ0v) is 15.4. The Morgan fingerprint density at radius 3 is 2.40 bits per heavy atom. The van der Waals surface area contributed by atoms with E-state index in [9.17, 15) is 8.78 Å². The molecule has 136 valence electrons. The van der Waals surface area contributed by atoms with E-state index < -0.39 is 11.6 Å². The minimum Gasteiger partial charge on any atom is -0.203 e. The van der Waals surface area contributed by atoms with Crippen molar-refractivity contribution in [2.45, 2.75) is 64.7 Å². The van der Waals surface area contributed by atoms with E-state index >= 15 is 0 Å². The van der Waals surface area contributed by atoms with Crippen molar-refractivity contribution in [2.75, 3.05) is 0 Å². The minimum absolute atomic E-state index is 0.236. The standard InChI is InChI=1S/C23H30F2/c1-3-5-16-6-8-18(9-7-16)19-10-12-20(13-11-19)21-15-14-17(4-2)22(24)23(21)25/h4,12,14-16,18-19H,2-3,5-11,13H2,1H3. The molecule has 25 heavy (non-hydrogen) atoms. The van der Waals surface area contributed by atoms with E-state index in [0.29, 0.717) is 5.56 Å². The van der Waals surface area contributed by atoms with Crippen LogP contribution in [-0.4, -0.2) is 0 Å². The fourth-order valence-electron chi connectivity index (χ4n) is 4.85. The van der Waals surface area contributed by atoms with Gasteiger partial charge < -0.3 is 0 Å². The number of hydrogen-bond acceptors (Lipinski definition) is 0. The van der Waals surface area contributed by atoms with Gasteiger partial charge >= 0.3 is 0 Å². The first-order valence-electron chi connectivity index (χ1n) is 9.93. The van der Waals surface area contributed by atoms with Crippen LogP contribution in [0.15, 0.2) is 24.8 Å². The van der Waals surface area contributed by atoms with Gasteiger partial charge in [0.05, 0.1) is 0 Å². The SMILES string of the molecule is C=Cc1ccc(C2=CCC(C3CCC(CCC)CC3)CC2)c(F)c1F. The Balaban J connectivity index is 1.64. The van der Waals surface area contributed by atoms with E-state index in [1.54, 1.807) is 12.1 Å². The number of allylic oxidation sites excluding steroid dienone is 2. The van der Waals surface area contributed by atoms with Crippen molar-refractivity contribution in [1.29, 1.82) is 0 Å². The third kappa shape index (κ3) is 4.04. The summed E-state index contributed by atoms with van der Waals surface area (Å²) in [7, 11) is 0. The highest BCUT2D eigenvalue weighted by atomic mass is 19.2. The molecule has 1 aromatic rings. The topological polar surface area (TPSA) is 0 Å². The lowest BCUT2D eigenvalue weighted by atomic mass is 9.70. The normalized spacial score (nSPS) is 27.0. The molecule has 1 aromatic carbocycles. The summed E-state index contributed by atoms with van der Waals surface area (Å²) in [5.41, 5.74) is 1.65. The van der Waals surface area contributed by atoms with Crippen molar-refractivity contribution < 1.29 is 8.78 Å². The maximum atomic E-state index is 14.3. The van der Waals surface area contributed by atoms with Crippen molar-refractivity contribution in [2.24, 2.45) is 17.8 Å². The molecule has 0 saturated heterocycles. The Bertz CT molecular complexity index is 636. The van der Waals surface area contributed by atoms with Gasteiger partial charge in [-0.25, -0.2) is 8.78 Å². The molecule has 0 radical (unpaired) electrons. The number of hydrogen-bond donors (Lipinski definition) is 0. The first kappa shape index (κ1) is 18.4. The van der Waals surface area contributed by atoms with E-state index in [4.69, 9.17) is 0 Å². The Morgan fingerprint density at radius 1 is 1.04 bits per heavy atom. The van der Waals surface area contributed by atoms with Crippen LogP contribution in [0.3, 0.4) is 0 Å². The van der Waals surface area contributed by atoms with E-state index in [2.05, 4.69) is 19.6 Å². The zero-order chi connectivity index (χ0) is 17.8. The second-order valence-electron chi connectivity index (χ2n) is 7.87. The summed E-state index contributed by atoms with van der Waals surface area (Å²) in [4.78, 5) is 0. The molecule has 0 amide bonds. The lowest BCUT2D eigenvalue weighted by molar-refractivity contribution is 0.189. The summed E-state index contributed by atoms with van der Waals surface area (Å²) >= 11 is 0. The summed E-state index contributed by atoms with van der Waals surface area (Å²) in [6.45, 7) is 5.81. The largest absolute Gasteiger partial charge is 0.203 e. The summed E-state index contributed by atoms with van der Waals surface area (Å²) in [6, 6.07) is 3.33. The van der Waals surface area contributed by atoms with Gasteiger partial charge in [0, 0.05) is 11.1 Å². The van der Waals surface area contributed by atoms with Crippen LogP contribution < -0.4 is 0 Å². The maximum Gasteiger partial charge on any atom is 0.166 e. The Kier molecular flexibility index (Phi) is 6.09. The molecular formula is C23H30F2. The van der Waals surface area contributed by atoms with Crippen molar-refractivity contribution in [3.63, 3.8) is 0 Å². The highest BCUT2D eigenvalue weighted by Gasteiger charge is 2.29. The highest BCUT2D eigenvalue weighted by molar-refractivity contribution is 5.68. The molecule has 0 N–H and O–H groups in total. The summed E-state index contributed by atoms with van der Waals surface area (Å²) in [5.74, 6) is 1.01. The number of rotatable bonds is 5. The smallest absolute Gasteiger partial charge is 0.166 e. The van der Waals surface area contributed by atoms with Crippen LogP contribution in [0.25, 0.3) is 11.6 Å². The van der Waals surface area contributed by atoms with E-state index in [1.807, 2.05) is 0 Å². The van der Waals surface area contributed by atoms with Crippen LogP contribution in [0, 0.1) is 29.4 Å². The van der Waals surface area contributed by atoms with Crippen LogP contribution in [0.4, 0.5) is 8.78 Å². The van der Waals surface area contributed by atoms with Crippen molar-refractivity contribution in [3.8, 4) is 0 Å². The second kappa shape index (κ2) is 8.29.